The normalized spacial score (nSPS) is 25.5. The summed E-state index contributed by atoms with van der Waals surface area (Å²) >= 11 is 0. The molecule has 1 aromatic rings. The lowest BCUT2D eigenvalue weighted by Crippen LogP contribution is -2.51. The van der Waals surface area contributed by atoms with Crippen LogP contribution >= 0.6 is 0 Å². The summed E-state index contributed by atoms with van der Waals surface area (Å²) in [6, 6.07) is 4.41. The Bertz CT molecular complexity index is 732. The minimum absolute atomic E-state index is 0.0121. The Balaban J connectivity index is 1.71. The van der Waals surface area contributed by atoms with Gasteiger partial charge in [0.2, 0.25) is 0 Å². The molecule has 4 amide bonds. The van der Waals surface area contributed by atoms with E-state index in [0.717, 1.165) is 18.9 Å². The van der Waals surface area contributed by atoms with E-state index < -0.39 is 30.0 Å². The van der Waals surface area contributed by atoms with Crippen LogP contribution in [-0.4, -0.2) is 35.0 Å². The predicted molar refractivity (Wildman–Crippen MR) is 86.3 cm³/mol. The molecule has 2 N–H and O–H groups in total. The van der Waals surface area contributed by atoms with Gasteiger partial charge in [-0.15, -0.1) is 0 Å². The van der Waals surface area contributed by atoms with Gasteiger partial charge in [-0.2, -0.15) is 13.8 Å². The fourth-order valence-corrected chi connectivity index (χ4v) is 3.30. The molecule has 2 fully saturated rings. The number of benzene rings is 1. The van der Waals surface area contributed by atoms with E-state index in [1.807, 2.05) is 0 Å². The molecule has 1 saturated heterocycles. The van der Waals surface area contributed by atoms with E-state index in [0.29, 0.717) is 23.8 Å². The highest BCUT2D eigenvalue weighted by Gasteiger charge is 2.52. The molecule has 1 aliphatic carbocycles. The van der Waals surface area contributed by atoms with Crippen molar-refractivity contribution in [2.24, 2.45) is 5.92 Å². The van der Waals surface area contributed by atoms with Crippen molar-refractivity contribution >= 4 is 17.8 Å². The van der Waals surface area contributed by atoms with Gasteiger partial charge in [0.1, 0.15) is 11.3 Å². The Morgan fingerprint density at radius 3 is 2.69 bits per heavy atom. The molecule has 1 aromatic carbocycles. The summed E-state index contributed by atoms with van der Waals surface area (Å²) in [7, 11) is 0. The van der Waals surface area contributed by atoms with Crippen LogP contribution in [0.1, 0.15) is 43.0 Å². The summed E-state index contributed by atoms with van der Waals surface area (Å²) in [4.78, 5) is 37.2. The average molecular weight is 367 g/mol. The predicted octanol–water partition coefficient (Wildman–Crippen LogP) is 2.43. The molecule has 0 radical (unpaired) electrons. The Kier molecular flexibility index (Phi) is 4.80. The van der Waals surface area contributed by atoms with Gasteiger partial charge in [-0.05, 0) is 49.8 Å². The number of carbonyl (C=O) groups is 3. The van der Waals surface area contributed by atoms with Crippen LogP contribution in [0.2, 0.25) is 0 Å². The van der Waals surface area contributed by atoms with E-state index in [4.69, 9.17) is 0 Å². The standard InChI is InChI=1S/C17H19F2N3O4/c1-10-5-7-17(8-6-10)14(24)22(16(25)20-17)21-13(23)11-3-2-4-12(9-11)26-15(18)19/h2-4,9-10,15H,5-8H2,1H3,(H,20,25)(H,21,23). The first-order valence-electron chi connectivity index (χ1n) is 8.33. The minimum atomic E-state index is -3.02. The fraction of sp³-hybridized carbons (Fsp3) is 0.471. The van der Waals surface area contributed by atoms with Crippen LogP contribution in [0, 0.1) is 5.92 Å². The van der Waals surface area contributed by atoms with Gasteiger partial charge >= 0.3 is 12.6 Å². The number of carbonyl (C=O) groups excluding carboxylic acids is 3. The Labute approximate surface area is 148 Å². The van der Waals surface area contributed by atoms with E-state index in [1.54, 1.807) is 0 Å². The summed E-state index contributed by atoms with van der Waals surface area (Å²) in [5.74, 6) is -0.980. The van der Waals surface area contributed by atoms with Crippen LogP contribution in [0.3, 0.4) is 0 Å². The van der Waals surface area contributed by atoms with Gasteiger partial charge in [0.25, 0.3) is 11.8 Å². The maximum absolute atomic E-state index is 12.7. The van der Waals surface area contributed by atoms with Crippen LogP contribution in [-0.2, 0) is 4.79 Å². The molecule has 1 spiro atoms. The monoisotopic (exact) mass is 367 g/mol. The first kappa shape index (κ1) is 18.1. The van der Waals surface area contributed by atoms with Gasteiger partial charge in [0.15, 0.2) is 0 Å². The summed E-state index contributed by atoms with van der Waals surface area (Å²) in [6.07, 6.45) is 2.65. The topological polar surface area (TPSA) is 87.7 Å². The summed E-state index contributed by atoms with van der Waals surface area (Å²) in [5.41, 5.74) is 1.26. The molecular formula is C17H19F2N3O4. The Hall–Kier alpha value is -2.71. The highest BCUT2D eigenvalue weighted by atomic mass is 19.3. The number of imide groups is 1. The molecule has 2 aliphatic rings. The second kappa shape index (κ2) is 6.89. The van der Waals surface area contributed by atoms with Crippen LogP contribution in [0.25, 0.3) is 0 Å². The van der Waals surface area contributed by atoms with Crippen LogP contribution in [0.15, 0.2) is 24.3 Å². The lowest BCUT2D eigenvalue weighted by Gasteiger charge is -2.33. The van der Waals surface area contributed by atoms with Crippen molar-refractivity contribution < 1.29 is 27.9 Å². The molecular weight excluding hydrogens is 348 g/mol. The number of rotatable bonds is 4. The zero-order valence-electron chi connectivity index (χ0n) is 14.1. The molecule has 26 heavy (non-hydrogen) atoms. The van der Waals surface area contributed by atoms with Crippen LogP contribution in [0.4, 0.5) is 13.6 Å². The number of hydrogen-bond acceptors (Lipinski definition) is 4. The van der Waals surface area contributed by atoms with Gasteiger partial charge in [-0.25, -0.2) is 4.79 Å². The molecule has 7 nitrogen and oxygen atoms in total. The first-order valence-corrected chi connectivity index (χ1v) is 8.33. The molecule has 9 heteroatoms. The minimum Gasteiger partial charge on any atom is -0.435 e. The number of ether oxygens (including phenoxy) is 1. The molecule has 1 heterocycles. The van der Waals surface area contributed by atoms with Crippen molar-refractivity contribution in [1.82, 2.24) is 15.8 Å². The number of hydrazine groups is 1. The largest absolute Gasteiger partial charge is 0.435 e. The highest BCUT2D eigenvalue weighted by Crippen LogP contribution is 2.35. The summed E-state index contributed by atoms with van der Waals surface area (Å²) in [5, 5.41) is 3.35. The first-order chi connectivity index (χ1) is 12.3. The zero-order chi connectivity index (χ0) is 18.9. The van der Waals surface area contributed by atoms with E-state index in [2.05, 4.69) is 22.4 Å². The molecule has 140 valence electrons. The third-order valence-electron chi connectivity index (χ3n) is 4.82. The lowest BCUT2D eigenvalue weighted by atomic mass is 9.77. The molecule has 0 atom stereocenters. The van der Waals surface area contributed by atoms with Crippen molar-refractivity contribution in [1.29, 1.82) is 0 Å². The molecule has 1 saturated carbocycles. The molecule has 0 aromatic heterocycles. The average Bonchev–Trinajstić information content (AvgIpc) is 2.82. The third kappa shape index (κ3) is 3.47. The van der Waals surface area contributed by atoms with Gasteiger partial charge < -0.3 is 10.1 Å². The van der Waals surface area contributed by atoms with Crippen LogP contribution in [0.5, 0.6) is 5.75 Å². The third-order valence-corrected chi connectivity index (χ3v) is 4.82. The zero-order valence-corrected chi connectivity index (χ0v) is 14.1. The SMILES string of the molecule is CC1CCC2(CC1)NC(=O)N(NC(=O)c1cccc(OC(F)F)c1)C2=O. The van der Waals surface area contributed by atoms with Gasteiger partial charge in [0, 0.05) is 5.56 Å². The molecule has 3 rings (SSSR count). The van der Waals surface area contributed by atoms with E-state index in [9.17, 15) is 23.2 Å². The van der Waals surface area contributed by atoms with Crippen molar-refractivity contribution in [3.05, 3.63) is 29.8 Å². The molecule has 0 unspecified atom stereocenters. The van der Waals surface area contributed by atoms with Crippen molar-refractivity contribution in [2.45, 2.75) is 44.8 Å². The van der Waals surface area contributed by atoms with Crippen molar-refractivity contribution in [2.75, 3.05) is 0 Å². The number of nitrogens with zero attached hydrogens (tertiary/aromatic N) is 1. The number of urea groups is 1. The number of nitrogens with one attached hydrogen (secondary N) is 2. The quantitative estimate of drug-likeness (QED) is 0.800. The molecule has 1 aliphatic heterocycles. The van der Waals surface area contributed by atoms with Crippen molar-refractivity contribution in [3.8, 4) is 5.75 Å². The van der Waals surface area contributed by atoms with E-state index in [-0.39, 0.29) is 11.3 Å². The lowest BCUT2D eigenvalue weighted by molar-refractivity contribution is -0.134. The van der Waals surface area contributed by atoms with Gasteiger partial charge in [0.05, 0.1) is 0 Å². The Morgan fingerprint density at radius 2 is 2.04 bits per heavy atom. The highest BCUT2D eigenvalue weighted by molar-refractivity contribution is 6.09. The number of halogens is 2. The summed E-state index contributed by atoms with van der Waals surface area (Å²) in [6.45, 7) is -0.935. The maximum atomic E-state index is 12.7. The van der Waals surface area contributed by atoms with Gasteiger partial charge in [-0.3, -0.25) is 15.0 Å². The molecule has 0 bridgehead atoms. The van der Waals surface area contributed by atoms with E-state index in [1.165, 1.54) is 18.2 Å². The van der Waals surface area contributed by atoms with Crippen molar-refractivity contribution in [3.63, 3.8) is 0 Å². The number of amides is 4. The smallest absolute Gasteiger partial charge is 0.387 e. The second-order valence-electron chi connectivity index (χ2n) is 6.68. The Morgan fingerprint density at radius 1 is 1.35 bits per heavy atom. The summed E-state index contributed by atoms with van der Waals surface area (Å²) < 4.78 is 28.8. The number of alkyl halides is 2. The van der Waals surface area contributed by atoms with Crippen LogP contribution < -0.4 is 15.5 Å². The fourth-order valence-electron chi connectivity index (χ4n) is 3.30. The van der Waals surface area contributed by atoms with E-state index >= 15 is 0 Å². The van der Waals surface area contributed by atoms with Gasteiger partial charge in [-0.1, -0.05) is 13.0 Å². The maximum Gasteiger partial charge on any atom is 0.387 e. The number of hydrogen-bond donors (Lipinski definition) is 2. The second-order valence-corrected chi connectivity index (χ2v) is 6.68.